The van der Waals surface area contributed by atoms with Crippen LogP contribution in [0, 0.1) is 0 Å². The van der Waals surface area contributed by atoms with Crippen LogP contribution in [0.15, 0.2) is 41.4 Å². The molecule has 26 heavy (non-hydrogen) atoms. The molecule has 0 bridgehead atoms. The van der Waals surface area contributed by atoms with Gasteiger partial charge in [0.15, 0.2) is 5.96 Å². The molecule has 0 aromatic heterocycles. The van der Waals surface area contributed by atoms with Gasteiger partial charge in [0.05, 0.1) is 6.61 Å². The zero-order chi connectivity index (χ0) is 18.2. The molecule has 5 nitrogen and oxygen atoms in total. The van der Waals surface area contributed by atoms with Crippen LogP contribution in [0.2, 0.25) is 0 Å². The normalized spacial score (nSPS) is 20.2. The molecule has 1 heterocycles. The van der Waals surface area contributed by atoms with Gasteiger partial charge in [0, 0.05) is 38.3 Å². The smallest absolute Gasteiger partial charge is 0.191 e. The summed E-state index contributed by atoms with van der Waals surface area (Å²) in [5.74, 6) is 1.81. The molecule has 0 saturated carbocycles. The Kier molecular flexibility index (Phi) is 6.56. The molecule has 3 rings (SSSR count). The first-order valence-corrected chi connectivity index (χ1v) is 9.69. The van der Waals surface area contributed by atoms with E-state index >= 15 is 0 Å². The Labute approximate surface area is 156 Å². The van der Waals surface area contributed by atoms with Crippen molar-refractivity contribution < 1.29 is 9.47 Å². The van der Waals surface area contributed by atoms with Gasteiger partial charge in [0.1, 0.15) is 5.75 Å². The molecule has 0 amide bonds. The number of ether oxygens (including phenoxy) is 2. The van der Waals surface area contributed by atoms with Crippen LogP contribution in [0.5, 0.6) is 5.75 Å². The molecule has 2 aliphatic rings. The van der Waals surface area contributed by atoms with Crippen molar-refractivity contribution in [3.05, 3.63) is 42.0 Å². The highest BCUT2D eigenvalue weighted by atomic mass is 16.5. The second-order valence-electron chi connectivity index (χ2n) is 7.06. The van der Waals surface area contributed by atoms with Crippen molar-refractivity contribution in [1.29, 1.82) is 0 Å². The molecule has 1 aliphatic heterocycles. The largest absolute Gasteiger partial charge is 0.494 e. The zero-order valence-electron chi connectivity index (χ0n) is 16.0. The van der Waals surface area contributed by atoms with Gasteiger partial charge in [-0.25, -0.2) is 0 Å². The minimum atomic E-state index is 0.0640. The van der Waals surface area contributed by atoms with Crippen LogP contribution in [-0.2, 0) is 10.2 Å². The summed E-state index contributed by atoms with van der Waals surface area (Å²) < 4.78 is 11.2. The van der Waals surface area contributed by atoms with Crippen LogP contribution in [0.1, 0.15) is 38.2 Å². The Bertz CT molecular complexity index is 611. The number of rotatable bonds is 6. The van der Waals surface area contributed by atoms with Crippen molar-refractivity contribution in [2.24, 2.45) is 4.99 Å². The van der Waals surface area contributed by atoms with Crippen LogP contribution >= 0.6 is 0 Å². The van der Waals surface area contributed by atoms with Crippen LogP contribution < -0.4 is 15.4 Å². The summed E-state index contributed by atoms with van der Waals surface area (Å²) >= 11 is 0. The van der Waals surface area contributed by atoms with Gasteiger partial charge in [0.25, 0.3) is 0 Å². The number of hydrogen-bond donors (Lipinski definition) is 2. The average Bonchev–Trinajstić information content (AvgIpc) is 3.20. The molecule has 1 aromatic rings. The highest BCUT2D eigenvalue weighted by Gasteiger charge is 2.34. The van der Waals surface area contributed by atoms with Crippen molar-refractivity contribution in [3.63, 3.8) is 0 Å². The molecule has 1 fully saturated rings. The van der Waals surface area contributed by atoms with E-state index in [1.807, 2.05) is 14.0 Å². The Hall–Kier alpha value is -2.01. The van der Waals surface area contributed by atoms with Gasteiger partial charge in [-0.05, 0) is 50.3 Å². The molecule has 0 atom stereocenters. The Morgan fingerprint density at radius 3 is 2.50 bits per heavy atom. The molecule has 0 spiro atoms. The van der Waals surface area contributed by atoms with E-state index in [1.165, 1.54) is 5.56 Å². The van der Waals surface area contributed by atoms with Crippen molar-refractivity contribution in [2.75, 3.05) is 33.4 Å². The van der Waals surface area contributed by atoms with E-state index < -0.39 is 0 Å². The summed E-state index contributed by atoms with van der Waals surface area (Å²) in [7, 11) is 1.84. The van der Waals surface area contributed by atoms with Gasteiger partial charge >= 0.3 is 0 Å². The number of benzene rings is 1. The van der Waals surface area contributed by atoms with Gasteiger partial charge in [-0.3, -0.25) is 4.99 Å². The first-order chi connectivity index (χ1) is 12.8. The van der Waals surface area contributed by atoms with Gasteiger partial charge in [-0.15, -0.1) is 0 Å². The molecule has 2 N–H and O–H groups in total. The summed E-state index contributed by atoms with van der Waals surface area (Å²) in [6.07, 6.45) is 8.61. The molecule has 0 unspecified atom stereocenters. The average molecular weight is 357 g/mol. The topological polar surface area (TPSA) is 54.9 Å². The quantitative estimate of drug-likeness (QED) is 0.467. The summed E-state index contributed by atoms with van der Waals surface area (Å²) in [6.45, 7) is 5.15. The standard InChI is InChI=1S/C21H31N3O2/c1-3-26-19-10-8-17(9-11-19)21(12-14-25-15-13-21)16-23-20(22-2)24-18-6-4-5-7-18/h4-5,8-11,18H,3,6-7,12-16H2,1-2H3,(H2,22,23,24). The lowest BCUT2D eigenvalue weighted by atomic mass is 9.74. The molecule has 1 aliphatic carbocycles. The SMILES string of the molecule is CCOc1ccc(C2(CNC(=NC)NC3CC=CC3)CCOCC2)cc1. The predicted molar refractivity (Wildman–Crippen MR) is 106 cm³/mol. The van der Waals surface area contributed by atoms with Crippen molar-refractivity contribution >= 4 is 5.96 Å². The third kappa shape index (κ3) is 4.58. The van der Waals surface area contributed by atoms with E-state index in [0.717, 1.165) is 57.2 Å². The molecular formula is C21H31N3O2. The summed E-state index contributed by atoms with van der Waals surface area (Å²) in [4.78, 5) is 4.41. The van der Waals surface area contributed by atoms with E-state index in [1.54, 1.807) is 0 Å². The van der Waals surface area contributed by atoms with Crippen LogP contribution in [0.3, 0.4) is 0 Å². The molecular weight excluding hydrogens is 326 g/mol. The molecule has 1 aromatic carbocycles. The number of hydrogen-bond acceptors (Lipinski definition) is 3. The van der Waals surface area contributed by atoms with E-state index in [0.29, 0.717) is 12.6 Å². The van der Waals surface area contributed by atoms with E-state index in [2.05, 4.69) is 52.0 Å². The monoisotopic (exact) mass is 357 g/mol. The summed E-state index contributed by atoms with van der Waals surface area (Å²) in [5, 5.41) is 7.09. The number of nitrogens with one attached hydrogen (secondary N) is 2. The maximum absolute atomic E-state index is 5.64. The zero-order valence-corrected chi connectivity index (χ0v) is 16.0. The molecule has 1 saturated heterocycles. The maximum Gasteiger partial charge on any atom is 0.191 e. The molecule has 0 radical (unpaired) electrons. The number of aliphatic imine (C=N–C) groups is 1. The lowest BCUT2D eigenvalue weighted by Crippen LogP contribution is -2.49. The van der Waals surface area contributed by atoms with Gasteiger partial charge in [-0.1, -0.05) is 24.3 Å². The maximum atomic E-state index is 5.64. The fourth-order valence-corrected chi connectivity index (χ4v) is 3.78. The highest BCUT2D eigenvalue weighted by Crippen LogP contribution is 2.35. The fraction of sp³-hybridized carbons (Fsp3) is 0.571. The number of nitrogens with zero attached hydrogens (tertiary/aromatic N) is 1. The van der Waals surface area contributed by atoms with E-state index in [9.17, 15) is 0 Å². The summed E-state index contributed by atoms with van der Waals surface area (Å²) in [6, 6.07) is 9.02. The Morgan fingerprint density at radius 1 is 1.19 bits per heavy atom. The second kappa shape index (κ2) is 9.08. The summed E-state index contributed by atoms with van der Waals surface area (Å²) in [5.41, 5.74) is 1.41. The highest BCUT2D eigenvalue weighted by molar-refractivity contribution is 5.80. The van der Waals surface area contributed by atoms with E-state index in [-0.39, 0.29) is 5.41 Å². The van der Waals surface area contributed by atoms with Gasteiger partial charge in [-0.2, -0.15) is 0 Å². The minimum Gasteiger partial charge on any atom is -0.494 e. The minimum absolute atomic E-state index is 0.0640. The van der Waals surface area contributed by atoms with Crippen molar-refractivity contribution in [3.8, 4) is 5.75 Å². The second-order valence-corrected chi connectivity index (χ2v) is 7.06. The predicted octanol–water partition coefficient (Wildman–Crippen LogP) is 3.02. The van der Waals surface area contributed by atoms with E-state index in [4.69, 9.17) is 9.47 Å². The Morgan fingerprint density at radius 2 is 1.88 bits per heavy atom. The number of guanidine groups is 1. The van der Waals surface area contributed by atoms with Crippen LogP contribution in [0.4, 0.5) is 0 Å². The Balaban J connectivity index is 1.68. The first-order valence-electron chi connectivity index (χ1n) is 9.69. The van der Waals surface area contributed by atoms with Crippen LogP contribution in [-0.4, -0.2) is 45.4 Å². The van der Waals surface area contributed by atoms with Gasteiger partial charge < -0.3 is 20.1 Å². The fourth-order valence-electron chi connectivity index (χ4n) is 3.78. The molecule has 142 valence electrons. The third-order valence-electron chi connectivity index (χ3n) is 5.39. The van der Waals surface area contributed by atoms with Crippen molar-refractivity contribution in [1.82, 2.24) is 10.6 Å². The van der Waals surface area contributed by atoms with Crippen molar-refractivity contribution in [2.45, 2.75) is 44.1 Å². The lowest BCUT2D eigenvalue weighted by Gasteiger charge is -2.38. The van der Waals surface area contributed by atoms with Gasteiger partial charge in [0.2, 0.25) is 0 Å². The third-order valence-corrected chi connectivity index (χ3v) is 5.39. The van der Waals surface area contributed by atoms with Crippen LogP contribution in [0.25, 0.3) is 0 Å². The first kappa shape index (κ1) is 18.8. The lowest BCUT2D eigenvalue weighted by molar-refractivity contribution is 0.0513. The molecule has 5 heteroatoms.